The van der Waals surface area contributed by atoms with Crippen LogP contribution in [0.2, 0.25) is 0 Å². The van der Waals surface area contributed by atoms with Crippen molar-refractivity contribution in [2.75, 3.05) is 20.2 Å². The molecule has 0 aliphatic carbocycles. The third kappa shape index (κ3) is 3.60. The Morgan fingerprint density at radius 1 is 1.35 bits per heavy atom. The van der Waals surface area contributed by atoms with Crippen molar-refractivity contribution in [2.45, 2.75) is 26.0 Å². The van der Waals surface area contributed by atoms with Crippen molar-refractivity contribution in [2.24, 2.45) is 11.8 Å². The van der Waals surface area contributed by atoms with Crippen LogP contribution in [0.3, 0.4) is 0 Å². The van der Waals surface area contributed by atoms with E-state index in [9.17, 15) is 19.5 Å². The van der Waals surface area contributed by atoms with Crippen molar-refractivity contribution in [1.82, 2.24) is 10.2 Å². The van der Waals surface area contributed by atoms with E-state index in [2.05, 4.69) is 10.1 Å². The number of likely N-dealkylation sites (tertiary alicyclic amines) is 1. The fraction of sp³-hybridized carbons (Fsp3) is 0.750. The molecule has 4 unspecified atom stereocenters. The van der Waals surface area contributed by atoms with E-state index in [1.54, 1.807) is 0 Å². The second-order valence-corrected chi connectivity index (χ2v) is 5.02. The van der Waals surface area contributed by atoms with Gasteiger partial charge in [-0.1, -0.05) is 6.92 Å². The number of carbonyl (C=O) groups excluding carboxylic acids is 2. The SMILES string of the molecule is COC(=O)C1CN(C(=O)NC(C(=O)O)C(C)O)CC1C. The Bertz CT molecular complexity index is 397. The maximum Gasteiger partial charge on any atom is 0.328 e. The van der Waals surface area contributed by atoms with Crippen LogP contribution in [0.1, 0.15) is 13.8 Å². The van der Waals surface area contributed by atoms with Crippen LogP contribution in [0, 0.1) is 11.8 Å². The highest BCUT2D eigenvalue weighted by atomic mass is 16.5. The van der Waals surface area contributed by atoms with Crippen LogP contribution in [0.25, 0.3) is 0 Å². The van der Waals surface area contributed by atoms with Crippen molar-refractivity contribution < 1.29 is 29.3 Å². The number of carboxylic acid groups (broad SMARTS) is 1. The molecule has 8 nitrogen and oxygen atoms in total. The summed E-state index contributed by atoms with van der Waals surface area (Å²) in [6.07, 6.45) is -1.21. The zero-order chi connectivity index (χ0) is 15.4. The first-order valence-electron chi connectivity index (χ1n) is 6.32. The molecule has 1 rings (SSSR count). The van der Waals surface area contributed by atoms with Crippen LogP contribution in [0.4, 0.5) is 4.79 Å². The third-order valence-corrected chi connectivity index (χ3v) is 3.43. The van der Waals surface area contributed by atoms with Crippen LogP contribution >= 0.6 is 0 Å². The molecule has 0 bridgehead atoms. The maximum atomic E-state index is 12.0. The van der Waals surface area contributed by atoms with E-state index in [1.807, 2.05) is 6.92 Å². The number of urea groups is 1. The van der Waals surface area contributed by atoms with E-state index in [0.29, 0.717) is 6.54 Å². The van der Waals surface area contributed by atoms with Crippen molar-refractivity contribution in [3.63, 3.8) is 0 Å². The van der Waals surface area contributed by atoms with Gasteiger partial charge in [-0.3, -0.25) is 4.79 Å². The number of ether oxygens (including phenoxy) is 1. The molecule has 1 saturated heterocycles. The van der Waals surface area contributed by atoms with Crippen molar-refractivity contribution in [3.05, 3.63) is 0 Å². The smallest absolute Gasteiger partial charge is 0.328 e. The second-order valence-electron chi connectivity index (χ2n) is 5.02. The average Bonchev–Trinajstić information content (AvgIpc) is 2.76. The Labute approximate surface area is 116 Å². The molecule has 114 valence electrons. The molecule has 0 spiro atoms. The first-order chi connectivity index (χ1) is 9.27. The van der Waals surface area contributed by atoms with Gasteiger partial charge in [-0.2, -0.15) is 0 Å². The standard InChI is InChI=1S/C12H20N2O6/c1-6-4-14(5-8(6)11(18)20-3)12(19)13-9(7(2)15)10(16)17/h6-9,15H,4-5H2,1-3H3,(H,13,19)(H,16,17). The van der Waals surface area contributed by atoms with E-state index in [4.69, 9.17) is 5.11 Å². The summed E-state index contributed by atoms with van der Waals surface area (Å²) in [5.41, 5.74) is 0. The van der Waals surface area contributed by atoms with Gasteiger partial charge in [0.1, 0.15) is 0 Å². The molecule has 1 heterocycles. The molecule has 0 aromatic carbocycles. The average molecular weight is 288 g/mol. The number of amides is 2. The predicted molar refractivity (Wildman–Crippen MR) is 67.9 cm³/mol. The minimum Gasteiger partial charge on any atom is -0.480 e. The number of nitrogens with zero attached hydrogens (tertiary/aromatic N) is 1. The summed E-state index contributed by atoms with van der Waals surface area (Å²) in [7, 11) is 1.28. The van der Waals surface area contributed by atoms with Crippen LogP contribution in [0.5, 0.6) is 0 Å². The molecular weight excluding hydrogens is 268 g/mol. The van der Waals surface area contributed by atoms with Gasteiger partial charge in [-0.15, -0.1) is 0 Å². The lowest BCUT2D eigenvalue weighted by Gasteiger charge is -2.22. The number of carboxylic acids is 1. The highest BCUT2D eigenvalue weighted by Crippen LogP contribution is 2.24. The first-order valence-corrected chi connectivity index (χ1v) is 6.32. The van der Waals surface area contributed by atoms with Crippen molar-refractivity contribution >= 4 is 18.0 Å². The number of methoxy groups -OCH3 is 1. The summed E-state index contributed by atoms with van der Waals surface area (Å²) in [6, 6.07) is -1.99. The quantitative estimate of drug-likeness (QED) is 0.587. The maximum absolute atomic E-state index is 12.0. The molecule has 3 N–H and O–H groups in total. The number of aliphatic carboxylic acids is 1. The Morgan fingerprint density at radius 2 is 1.95 bits per heavy atom. The van der Waals surface area contributed by atoms with Crippen LogP contribution in [-0.2, 0) is 14.3 Å². The number of aliphatic hydroxyl groups excluding tert-OH is 1. The molecule has 2 amide bonds. The molecule has 4 atom stereocenters. The van der Waals surface area contributed by atoms with Crippen molar-refractivity contribution in [1.29, 1.82) is 0 Å². The number of esters is 1. The lowest BCUT2D eigenvalue weighted by molar-refractivity contribution is -0.146. The molecule has 0 saturated carbocycles. The largest absolute Gasteiger partial charge is 0.480 e. The highest BCUT2D eigenvalue weighted by Gasteiger charge is 2.39. The van der Waals surface area contributed by atoms with Gasteiger partial charge in [0.05, 0.1) is 19.1 Å². The summed E-state index contributed by atoms with van der Waals surface area (Å²) in [6.45, 7) is 3.60. The molecule has 1 fully saturated rings. The third-order valence-electron chi connectivity index (χ3n) is 3.43. The van der Waals surface area contributed by atoms with Gasteiger partial charge in [0, 0.05) is 13.1 Å². The summed E-state index contributed by atoms with van der Waals surface area (Å²) in [4.78, 5) is 35.7. The van der Waals surface area contributed by atoms with Crippen LogP contribution in [0.15, 0.2) is 0 Å². The monoisotopic (exact) mass is 288 g/mol. The molecular formula is C12H20N2O6. The molecule has 1 aliphatic heterocycles. The predicted octanol–water partition coefficient (Wildman–Crippen LogP) is -0.729. The number of hydrogen-bond acceptors (Lipinski definition) is 5. The minimum atomic E-state index is -1.38. The van der Waals surface area contributed by atoms with E-state index in [-0.39, 0.29) is 12.5 Å². The van der Waals surface area contributed by atoms with Gasteiger partial charge in [0.15, 0.2) is 6.04 Å². The normalized spacial score (nSPS) is 24.9. The lowest BCUT2D eigenvalue weighted by Crippen LogP contribution is -2.52. The summed E-state index contributed by atoms with van der Waals surface area (Å²) < 4.78 is 4.66. The summed E-state index contributed by atoms with van der Waals surface area (Å²) in [5.74, 6) is -2.19. The Hall–Kier alpha value is -1.83. The lowest BCUT2D eigenvalue weighted by atomic mass is 9.99. The van der Waals surface area contributed by atoms with Crippen molar-refractivity contribution in [3.8, 4) is 0 Å². The van der Waals surface area contributed by atoms with Crippen LogP contribution < -0.4 is 5.32 Å². The van der Waals surface area contributed by atoms with Gasteiger partial charge in [0.2, 0.25) is 0 Å². The van der Waals surface area contributed by atoms with Gasteiger partial charge in [-0.25, -0.2) is 9.59 Å². The van der Waals surface area contributed by atoms with E-state index < -0.39 is 36.0 Å². The number of nitrogens with one attached hydrogen (secondary N) is 1. The van der Waals surface area contributed by atoms with E-state index >= 15 is 0 Å². The zero-order valence-corrected chi connectivity index (χ0v) is 11.7. The topological polar surface area (TPSA) is 116 Å². The number of rotatable bonds is 4. The minimum absolute atomic E-state index is 0.0666. The summed E-state index contributed by atoms with van der Waals surface area (Å²) in [5, 5.41) is 20.5. The molecule has 0 radical (unpaired) electrons. The van der Waals surface area contributed by atoms with Gasteiger partial charge in [0.25, 0.3) is 0 Å². The molecule has 0 aromatic heterocycles. The Morgan fingerprint density at radius 3 is 2.40 bits per heavy atom. The van der Waals surface area contributed by atoms with Gasteiger partial charge in [-0.05, 0) is 12.8 Å². The highest BCUT2D eigenvalue weighted by molar-refractivity contribution is 5.84. The molecule has 20 heavy (non-hydrogen) atoms. The fourth-order valence-corrected chi connectivity index (χ4v) is 2.20. The second kappa shape index (κ2) is 6.56. The summed E-state index contributed by atoms with van der Waals surface area (Å²) >= 11 is 0. The number of carbonyl (C=O) groups is 3. The first kappa shape index (κ1) is 16.2. The van der Waals surface area contributed by atoms with E-state index in [1.165, 1.54) is 18.9 Å². The van der Waals surface area contributed by atoms with Crippen LogP contribution in [-0.4, -0.2) is 65.4 Å². The number of hydrogen-bond donors (Lipinski definition) is 3. The molecule has 0 aromatic rings. The van der Waals surface area contributed by atoms with Gasteiger partial charge >= 0.3 is 18.0 Å². The zero-order valence-electron chi connectivity index (χ0n) is 11.7. The van der Waals surface area contributed by atoms with E-state index in [0.717, 1.165) is 0 Å². The fourth-order valence-electron chi connectivity index (χ4n) is 2.20. The molecule has 8 heteroatoms. The molecule has 1 aliphatic rings. The Balaban J connectivity index is 2.66. The number of aliphatic hydroxyl groups is 1. The Kier molecular flexibility index (Phi) is 5.32. The van der Waals surface area contributed by atoms with Gasteiger partial charge < -0.3 is 25.2 Å².